The second-order valence-electron chi connectivity index (χ2n) is 11.4. The van der Waals surface area contributed by atoms with Crippen LogP contribution in [0.25, 0.3) is 10.8 Å². The summed E-state index contributed by atoms with van der Waals surface area (Å²) in [5.74, 6) is 2.09. The number of hydrogen-bond acceptors (Lipinski definition) is 5. The van der Waals surface area contributed by atoms with E-state index in [2.05, 4.69) is 38.2 Å². The Labute approximate surface area is 228 Å². The van der Waals surface area contributed by atoms with Crippen LogP contribution in [0.2, 0.25) is 0 Å². The molecule has 2 aromatic carbocycles. The Morgan fingerprint density at radius 3 is 2.66 bits per heavy atom. The summed E-state index contributed by atoms with van der Waals surface area (Å²) in [6.45, 7) is 11.3. The second kappa shape index (κ2) is 10.8. The zero-order valence-corrected chi connectivity index (χ0v) is 23.7. The minimum absolute atomic E-state index is 0.0919. The Hall–Kier alpha value is -3.38. The maximum Gasteiger partial charge on any atom is 0.255 e. The number of amides is 1. The summed E-state index contributed by atoms with van der Waals surface area (Å²) in [5.41, 5.74) is 3.10. The van der Waals surface area contributed by atoms with E-state index in [1.807, 2.05) is 56.5 Å². The van der Waals surface area contributed by atoms with Crippen molar-refractivity contribution in [3.63, 3.8) is 0 Å². The molecule has 1 aliphatic carbocycles. The third kappa shape index (κ3) is 5.56. The fraction of sp³-hybridized carbons (Fsp3) is 0.375. The molecule has 1 amide bonds. The van der Waals surface area contributed by atoms with Crippen LogP contribution < -0.4 is 10.1 Å². The van der Waals surface area contributed by atoms with Crippen molar-refractivity contribution in [1.29, 1.82) is 0 Å². The standard InChI is InChI=1S/C32H36N2O3S/c1-20(2)37-27-15-12-21(24-10-6-7-11-25(24)27)18-34-31-29(30(35)33-19-23-9-8-16-36-23)26-14-13-22(32(3,4)5)17-28(26)38-31/h6-12,15-16,18,20,22H,13-14,17,19H2,1-5H3,(H,33,35)/t22-/m0/s1. The lowest BCUT2D eigenvalue weighted by Gasteiger charge is -2.33. The van der Waals surface area contributed by atoms with Crippen LogP contribution >= 0.6 is 11.3 Å². The number of carbonyl (C=O) groups excluding carboxylic acids is 1. The molecule has 0 radical (unpaired) electrons. The molecular weight excluding hydrogens is 492 g/mol. The molecule has 0 spiro atoms. The Morgan fingerprint density at radius 2 is 1.95 bits per heavy atom. The lowest BCUT2D eigenvalue weighted by molar-refractivity contribution is 0.0947. The monoisotopic (exact) mass is 528 g/mol. The molecule has 198 valence electrons. The Morgan fingerprint density at radius 1 is 1.16 bits per heavy atom. The molecule has 0 unspecified atom stereocenters. The molecule has 0 fully saturated rings. The predicted molar refractivity (Wildman–Crippen MR) is 156 cm³/mol. The van der Waals surface area contributed by atoms with Crippen molar-refractivity contribution >= 4 is 39.2 Å². The topological polar surface area (TPSA) is 63.8 Å². The summed E-state index contributed by atoms with van der Waals surface area (Å²) in [5, 5.41) is 5.96. The summed E-state index contributed by atoms with van der Waals surface area (Å²) >= 11 is 1.66. The van der Waals surface area contributed by atoms with Gasteiger partial charge in [-0.05, 0) is 79.7 Å². The minimum atomic E-state index is -0.0919. The number of carbonyl (C=O) groups is 1. The van der Waals surface area contributed by atoms with Crippen molar-refractivity contribution in [2.24, 2.45) is 16.3 Å². The van der Waals surface area contributed by atoms with E-state index in [0.29, 0.717) is 18.0 Å². The lowest BCUT2D eigenvalue weighted by Crippen LogP contribution is -2.28. The number of aliphatic imine (C=N–C) groups is 1. The van der Waals surface area contributed by atoms with E-state index in [1.54, 1.807) is 17.6 Å². The highest BCUT2D eigenvalue weighted by molar-refractivity contribution is 7.16. The Bertz CT molecular complexity index is 1460. The van der Waals surface area contributed by atoms with Gasteiger partial charge >= 0.3 is 0 Å². The van der Waals surface area contributed by atoms with Crippen LogP contribution in [0.1, 0.15) is 73.2 Å². The quantitative estimate of drug-likeness (QED) is 0.246. The van der Waals surface area contributed by atoms with Crippen molar-refractivity contribution in [2.45, 2.75) is 66.5 Å². The number of thiophene rings is 1. The van der Waals surface area contributed by atoms with Gasteiger partial charge in [-0.1, -0.05) is 45.0 Å². The van der Waals surface area contributed by atoms with E-state index in [-0.39, 0.29) is 17.4 Å². The van der Waals surface area contributed by atoms with Gasteiger partial charge < -0.3 is 14.5 Å². The number of rotatable bonds is 7. The first kappa shape index (κ1) is 26.2. The first-order valence-electron chi connectivity index (χ1n) is 13.4. The molecule has 1 aliphatic rings. The molecule has 38 heavy (non-hydrogen) atoms. The molecule has 0 bridgehead atoms. The number of fused-ring (bicyclic) bond motifs is 2. The fourth-order valence-corrected chi connectivity index (χ4v) is 6.47. The van der Waals surface area contributed by atoms with Crippen LogP contribution in [-0.2, 0) is 19.4 Å². The summed E-state index contributed by atoms with van der Waals surface area (Å²) in [7, 11) is 0. The molecule has 6 heteroatoms. The fourth-order valence-electron chi connectivity index (χ4n) is 5.20. The maximum absolute atomic E-state index is 13.5. The summed E-state index contributed by atoms with van der Waals surface area (Å²) in [6, 6.07) is 16.0. The molecule has 1 atom stereocenters. The Kier molecular flexibility index (Phi) is 7.44. The van der Waals surface area contributed by atoms with Crippen molar-refractivity contribution in [2.75, 3.05) is 0 Å². The van der Waals surface area contributed by atoms with E-state index in [4.69, 9.17) is 14.1 Å². The average molecular weight is 529 g/mol. The molecule has 5 rings (SSSR count). The van der Waals surface area contributed by atoms with E-state index >= 15 is 0 Å². The van der Waals surface area contributed by atoms with Crippen LogP contribution in [0, 0.1) is 11.3 Å². The minimum Gasteiger partial charge on any atom is -0.490 e. The summed E-state index contributed by atoms with van der Waals surface area (Å²) in [4.78, 5) is 19.7. The Balaban J connectivity index is 1.51. The highest BCUT2D eigenvalue weighted by Gasteiger charge is 2.33. The van der Waals surface area contributed by atoms with Crippen LogP contribution in [-0.4, -0.2) is 18.2 Å². The molecule has 2 aromatic heterocycles. The van der Waals surface area contributed by atoms with Crippen molar-refractivity contribution in [3.05, 3.63) is 82.1 Å². The first-order chi connectivity index (χ1) is 18.2. The lowest BCUT2D eigenvalue weighted by atomic mass is 9.72. The van der Waals surface area contributed by atoms with Crippen molar-refractivity contribution < 1.29 is 13.9 Å². The average Bonchev–Trinajstić information content (AvgIpc) is 3.53. The molecule has 4 aromatic rings. The number of furan rings is 1. The van der Waals surface area contributed by atoms with Gasteiger partial charge in [0.1, 0.15) is 16.5 Å². The van der Waals surface area contributed by atoms with E-state index in [1.165, 1.54) is 4.88 Å². The van der Waals surface area contributed by atoms with E-state index in [9.17, 15) is 4.79 Å². The van der Waals surface area contributed by atoms with Gasteiger partial charge in [-0.15, -0.1) is 11.3 Å². The van der Waals surface area contributed by atoms with Crippen LogP contribution in [0.15, 0.2) is 64.2 Å². The number of ether oxygens (including phenoxy) is 1. The van der Waals surface area contributed by atoms with Gasteiger partial charge in [0.05, 0.1) is 24.5 Å². The predicted octanol–water partition coefficient (Wildman–Crippen LogP) is 8.11. The number of hydrogen-bond donors (Lipinski definition) is 1. The molecule has 0 aliphatic heterocycles. The van der Waals surface area contributed by atoms with Gasteiger partial charge in [0.25, 0.3) is 5.91 Å². The van der Waals surface area contributed by atoms with Crippen LogP contribution in [0.5, 0.6) is 5.75 Å². The van der Waals surface area contributed by atoms with Gasteiger partial charge in [0.15, 0.2) is 0 Å². The third-order valence-corrected chi connectivity index (χ3v) is 8.47. The van der Waals surface area contributed by atoms with Gasteiger partial charge in [0.2, 0.25) is 0 Å². The van der Waals surface area contributed by atoms with Crippen molar-refractivity contribution in [3.8, 4) is 5.75 Å². The number of benzene rings is 2. The summed E-state index contributed by atoms with van der Waals surface area (Å²) < 4.78 is 11.5. The highest BCUT2D eigenvalue weighted by Crippen LogP contribution is 2.45. The molecule has 5 nitrogen and oxygen atoms in total. The molecule has 1 N–H and O–H groups in total. The van der Waals surface area contributed by atoms with Gasteiger partial charge in [-0.3, -0.25) is 4.79 Å². The number of nitrogens with zero attached hydrogens (tertiary/aromatic N) is 1. The van der Waals surface area contributed by atoms with Gasteiger partial charge in [-0.2, -0.15) is 0 Å². The van der Waals surface area contributed by atoms with Gasteiger partial charge in [-0.25, -0.2) is 4.99 Å². The zero-order chi connectivity index (χ0) is 26.9. The highest BCUT2D eigenvalue weighted by atomic mass is 32.1. The largest absolute Gasteiger partial charge is 0.490 e. The molecule has 2 heterocycles. The second-order valence-corrected chi connectivity index (χ2v) is 12.5. The molecular formula is C32H36N2O3S. The van der Waals surface area contributed by atoms with Crippen LogP contribution in [0.4, 0.5) is 5.00 Å². The normalized spacial score (nSPS) is 15.8. The zero-order valence-electron chi connectivity index (χ0n) is 22.8. The van der Waals surface area contributed by atoms with Crippen molar-refractivity contribution in [1.82, 2.24) is 5.32 Å². The first-order valence-corrected chi connectivity index (χ1v) is 14.2. The maximum atomic E-state index is 13.5. The molecule has 0 saturated heterocycles. The summed E-state index contributed by atoms with van der Waals surface area (Å²) in [6.07, 6.45) is 6.58. The third-order valence-electron chi connectivity index (χ3n) is 7.30. The van der Waals surface area contributed by atoms with E-state index in [0.717, 1.165) is 57.7 Å². The SMILES string of the molecule is CC(C)Oc1ccc(C=Nc2sc3c(c2C(=O)NCc2ccco2)CC[C@H](C(C)(C)C)C3)c2ccccc12. The van der Waals surface area contributed by atoms with Gasteiger partial charge in [0, 0.05) is 22.0 Å². The van der Waals surface area contributed by atoms with E-state index < -0.39 is 0 Å². The molecule has 0 saturated carbocycles. The number of nitrogens with one attached hydrogen (secondary N) is 1. The smallest absolute Gasteiger partial charge is 0.255 e. The van der Waals surface area contributed by atoms with Crippen LogP contribution in [0.3, 0.4) is 0 Å².